The minimum atomic E-state index is -0.136. The van der Waals surface area contributed by atoms with Crippen molar-refractivity contribution in [3.63, 3.8) is 0 Å². The van der Waals surface area contributed by atoms with E-state index in [1.54, 1.807) is 0 Å². The van der Waals surface area contributed by atoms with Crippen LogP contribution in [-0.2, 0) is 11.2 Å². The summed E-state index contributed by atoms with van der Waals surface area (Å²) in [5, 5.41) is 11.7. The van der Waals surface area contributed by atoms with Crippen LogP contribution >= 0.6 is 15.9 Å². The number of carbonyl (C=O) groups is 1. The molecule has 0 aliphatic rings. The van der Waals surface area contributed by atoms with Crippen LogP contribution in [0.25, 0.3) is 0 Å². The molecule has 0 radical (unpaired) electrons. The molecule has 1 atom stereocenters. The smallest absolute Gasteiger partial charge is 0.224 e. The Balaban J connectivity index is 2.48. The number of aliphatic hydroxyl groups excluding tert-OH is 1. The number of aliphatic hydroxyl groups is 1. The highest BCUT2D eigenvalue weighted by molar-refractivity contribution is 9.10. The van der Waals surface area contributed by atoms with Crippen LogP contribution in [0.4, 0.5) is 0 Å². The molecule has 0 saturated carbocycles. The third-order valence-electron chi connectivity index (χ3n) is 2.36. The van der Waals surface area contributed by atoms with Gasteiger partial charge in [0.15, 0.2) is 0 Å². The van der Waals surface area contributed by atoms with E-state index in [1.165, 1.54) is 0 Å². The zero-order valence-corrected chi connectivity index (χ0v) is 10.8. The second-order valence-corrected chi connectivity index (χ2v) is 4.57. The second kappa shape index (κ2) is 6.66. The predicted octanol–water partition coefficient (Wildman–Crippen LogP) is 1.88. The second-order valence-electron chi connectivity index (χ2n) is 3.66. The molecule has 0 aliphatic heterocycles. The minimum Gasteiger partial charge on any atom is -0.394 e. The number of rotatable bonds is 5. The third-order valence-corrected chi connectivity index (χ3v) is 2.88. The number of hydrogen-bond acceptors (Lipinski definition) is 2. The van der Waals surface area contributed by atoms with Crippen LogP contribution < -0.4 is 5.32 Å². The number of amides is 1. The first kappa shape index (κ1) is 13.2. The van der Waals surface area contributed by atoms with E-state index < -0.39 is 0 Å². The minimum absolute atomic E-state index is 0.0113. The fraction of sp³-hybridized carbons (Fsp3) is 0.417. The molecule has 0 aliphatic carbocycles. The first-order chi connectivity index (χ1) is 7.65. The molecule has 0 fully saturated rings. The van der Waals surface area contributed by atoms with Crippen molar-refractivity contribution in [3.8, 4) is 0 Å². The van der Waals surface area contributed by atoms with E-state index in [1.807, 2.05) is 31.2 Å². The van der Waals surface area contributed by atoms with Gasteiger partial charge < -0.3 is 10.4 Å². The largest absolute Gasteiger partial charge is 0.394 e. The summed E-state index contributed by atoms with van der Waals surface area (Å²) in [5.74, 6) is -0.0526. The molecule has 0 saturated heterocycles. The van der Waals surface area contributed by atoms with Crippen molar-refractivity contribution in [1.29, 1.82) is 0 Å². The lowest BCUT2D eigenvalue weighted by Gasteiger charge is -2.13. The van der Waals surface area contributed by atoms with E-state index in [2.05, 4.69) is 21.2 Å². The van der Waals surface area contributed by atoms with Gasteiger partial charge in [-0.2, -0.15) is 0 Å². The highest BCUT2D eigenvalue weighted by Crippen LogP contribution is 2.10. The van der Waals surface area contributed by atoms with Gasteiger partial charge in [-0.15, -0.1) is 0 Å². The number of halogens is 1. The van der Waals surface area contributed by atoms with E-state index in [0.29, 0.717) is 6.42 Å². The van der Waals surface area contributed by atoms with E-state index in [-0.39, 0.29) is 18.6 Å². The van der Waals surface area contributed by atoms with Gasteiger partial charge in [-0.05, 0) is 24.1 Å². The van der Waals surface area contributed by atoms with E-state index in [4.69, 9.17) is 5.11 Å². The lowest BCUT2D eigenvalue weighted by molar-refractivity contribution is -0.121. The van der Waals surface area contributed by atoms with Gasteiger partial charge in [0.05, 0.1) is 19.1 Å². The van der Waals surface area contributed by atoms with Gasteiger partial charge in [-0.1, -0.05) is 35.0 Å². The van der Waals surface area contributed by atoms with Crippen LogP contribution in [0.3, 0.4) is 0 Å². The SMILES string of the molecule is CC[C@H](CO)NC(=O)Cc1ccc(Br)cc1. The van der Waals surface area contributed by atoms with Gasteiger partial charge in [-0.3, -0.25) is 4.79 Å². The van der Waals surface area contributed by atoms with Crippen molar-refractivity contribution < 1.29 is 9.90 Å². The Bertz CT molecular complexity index is 333. The Morgan fingerprint density at radius 2 is 2.06 bits per heavy atom. The Hall–Kier alpha value is -0.870. The molecule has 2 N–H and O–H groups in total. The summed E-state index contributed by atoms with van der Waals surface area (Å²) in [4.78, 5) is 11.6. The summed E-state index contributed by atoms with van der Waals surface area (Å²) in [6.45, 7) is 1.92. The van der Waals surface area contributed by atoms with Crippen LogP contribution in [-0.4, -0.2) is 23.7 Å². The van der Waals surface area contributed by atoms with Crippen molar-refractivity contribution in [2.75, 3.05) is 6.61 Å². The van der Waals surface area contributed by atoms with Crippen LogP contribution in [0.1, 0.15) is 18.9 Å². The molecule has 88 valence electrons. The van der Waals surface area contributed by atoms with Crippen molar-refractivity contribution in [2.45, 2.75) is 25.8 Å². The maximum absolute atomic E-state index is 11.6. The van der Waals surface area contributed by atoms with Gasteiger partial charge in [0.1, 0.15) is 0 Å². The summed E-state index contributed by atoms with van der Waals surface area (Å²) in [6.07, 6.45) is 1.09. The lowest BCUT2D eigenvalue weighted by atomic mass is 10.1. The predicted molar refractivity (Wildman–Crippen MR) is 67.2 cm³/mol. The van der Waals surface area contributed by atoms with E-state index >= 15 is 0 Å². The summed E-state index contributed by atoms with van der Waals surface area (Å²) >= 11 is 3.34. The molecular weight excluding hydrogens is 270 g/mol. The maximum atomic E-state index is 11.6. The highest BCUT2D eigenvalue weighted by Gasteiger charge is 2.09. The highest BCUT2D eigenvalue weighted by atomic mass is 79.9. The van der Waals surface area contributed by atoms with Crippen LogP contribution in [0.15, 0.2) is 28.7 Å². The average Bonchev–Trinajstić information content (AvgIpc) is 2.29. The van der Waals surface area contributed by atoms with Gasteiger partial charge in [0, 0.05) is 4.47 Å². The van der Waals surface area contributed by atoms with Crippen molar-refractivity contribution in [2.24, 2.45) is 0 Å². The van der Waals surface area contributed by atoms with Crippen molar-refractivity contribution in [1.82, 2.24) is 5.32 Å². The Morgan fingerprint density at radius 3 is 2.56 bits per heavy atom. The molecule has 0 unspecified atom stereocenters. The van der Waals surface area contributed by atoms with Gasteiger partial charge >= 0.3 is 0 Å². The van der Waals surface area contributed by atoms with Gasteiger partial charge in [-0.25, -0.2) is 0 Å². The summed E-state index contributed by atoms with van der Waals surface area (Å²) in [7, 11) is 0. The molecule has 1 aromatic carbocycles. The number of nitrogens with one attached hydrogen (secondary N) is 1. The van der Waals surface area contributed by atoms with Crippen LogP contribution in [0.2, 0.25) is 0 Å². The molecule has 1 aromatic rings. The first-order valence-corrected chi connectivity index (χ1v) is 6.09. The normalized spacial score (nSPS) is 12.2. The molecule has 0 bridgehead atoms. The van der Waals surface area contributed by atoms with Crippen LogP contribution in [0.5, 0.6) is 0 Å². The topological polar surface area (TPSA) is 49.3 Å². The van der Waals surface area contributed by atoms with Crippen molar-refractivity contribution >= 4 is 21.8 Å². The molecule has 3 nitrogen and oxygen atoms in total. The molecule has 1 amide bonds. The van der Waals surface area contributed by atoms with Crippen LogP contribution in [0, 0.1) is 0 Å². The van der Waals surface area contributed by atoms with Gasteiger partial charge in [0.2, 0.25) is 5.91 Å². The zero-order chi connectivity index (χ0) is 12.0. The molecule has 0 aromatic heterocycles. The standard InChI is InChI=1S/C12H16BrNO2/c1-2-11(8-15)14-12(16)7-9-3-5-10(13)6-4-9/h3-6,11,15H,2,7-8H2,1H3,(H,14,16)/t11-/m1/s1. The van der Waals surface area contributed by atoms with E-state index in [0.717, 1.165) is 16.5 Å². The van der Waals surface area contributed by atoms with Gasteiger partial charge in [0.25, 0.3) is 0 Å². The Labute approximate surface area is 104 Å². The van der Waals surface area contributed by atoms with E-state index in [9.17, 15) is 4.79 Å². The first-order valence-electron chi connectivity index (χ1n) is 5.30. The maximum Gasteiger partial charge on any atom is 0.224 e. The molecule has 1 rings (SSSR count). The molecule has 4 heteroatoms. The number of benzene rings is 1. The Morgan fingerprint density at radius 1 is 1.44 bits per heavy atom. The number of hydrogen-bond donors (Lipinski definition) is 2. The summed E-state index contributed by atoms with van der Waals surface area (Å²) in [6, 6.07) is 7.49. The fourth-order valence-corrected chi connectivity index (χ4v) is 1.61. The summed E-state index contributed by atoms with van der Waals surface area (Å²) in [5.41, 5.74) is 0.966. The lowest BCUT2D eigenvalue weighted by Crippen LogP contribution is -2.37. The Kier molecular flexibility index (Phi) is 5.49. The number of carbonyl (C=O) groups excluding carboxylic acids is 1. The summed E-state index contributed by atoms with van der Waals surface area (Å²) < 4.78 is 0.999. The molecule has 0 heterocycles. The molecular formula is C12H16BrNO2. The van der Waals surface area contributed by atoms with Crippen molar-refractivity contribution in [3.05, 3.63) is 34.3 Å². The third kappa shape index (κ3) is 4.33. The molecule has 0 spiro atoms. The zero-order valence-electron chi connectivity index (χ0n) is 9.24. The monoisotopic (exact) mass is 285 g/mol. The molecule has 16 heavy (non-hydrogen) atoms. The average molecular weight is 286 g/mol. The quantitative estimate of drug-likeness (QED) is 0.868. The fourth-order valence-electron chi connectivity index (χ4n) is 1.34.